The van der Waals surface area contributed by atoms with Gasteiger partial charge in [0, 0.05) is 17.8 Å². The molecule has 138 valence electrons. The van der Waals surface area contributed by atoms with Crippen LogP contribution in [0.5, 0.6) is 0 Å². The summed E-state index contributed by atoms with van der Waals surface area (Å²) in [5.41, 5.74) is 2.42. The fourth-order valence-electron chi connectivity index (χ4n) is 3.47. The SMILES string of the molecule is O=C1CC(C(=O)OC2CCc3ccccc3NC2=O)c2ccc(F)cc2N1. The van der Waals surface area contributed by atoms with Crippen molar-refractivity contribution < 1.29 is 23.5 Å². The van der Waals surface area contributed by atoms with Crippen LogP contribution in [0.25, 0.3) is 0 Å². The van der Waals surface area contributed by atoms with Crippen LogP contribution in [0.4, 0.5) is 15.8 Å². The van der Waals surface area contributed by atoms with Crippen LogP contribution in [0.15, 0.2) is 42.5 Å². The molecule has 4 rings (SSSR count). The van der Waals surface area contributed by atoms with Gasteiger partial charge in [-0.05, 0) is 42.2 Å². The molecular formula is C20H17FN2O4. The normalized spacial score (nSPS) is 21.2. The number of carbonyl (C=O) groups excluding carboxylic acids is 3. The molecule has 0 saturated carbocycles. The van der Waals surface area contributed by atoms with E-state index >= 15 is 0 Å². The summed E-state index contributed by atoms with van der Waals surface area (Å²) in [6.07, 6.45) is -0.117. The van der Waals surface area contributed by atoms with Gasteiger partial charge in [0.1, 0.15) is 5.82 Å². The standard InChI is InChI=1S/C20H17FN2O4/c21-12-6-7-13-14(10-18(24)22-16(13)9-12)20(26)27-17-8-5-11-3-1-2-4-15(11)23-19(17)25/h1-4,6-7,9,14,17H,5,8,10H2,(H,22,24)(H,23,25). The van der Waals surface area contributed by atoms with Gasteiger partial charge in [0.15, 0.2) is 6.10 Å². The molecule has 0 bridgehead atoms. The van der Waals surface area contributed by atoms with Gasteiger partial charge in [-0.15, -0.1) is 0 Å². The van der Waals surface area contributed by atoms with Crippen LogP contribution in [-0.4, -0.2) is 23.9 Å². The van der Waals surface area contributed by atoms with E-state index in [1.807, 2.05) is 18.2 Å². The summed E-state index contributed by atoms with van der Waals surface area (Å²) in [6, 6.07) is 11.3. The number of hydrogen-bond donors (Lipinski definition) is 2. The number of fused-ring (bicyclic) bond motifs is 2. The van der Waals surface area contributed by atoms with Crippen molar-refractivity contribution in [2.24, 2.45) is 0 Å². The van der Waals surface area contributed by atoms with E-state index in [-0.39, 0.29) is 12.1 Å². The Bertz CT molecular complexity index is 943. The second kappa shape index (κ2) is 6.83. The van der Waals surface area contributed by atoms with Crippen molar-refractivity contribution in [3.05, 3.63) is 59.4 Å². The summed E-state index contributed by atoms with van der Waals surface area (Å²) in [5, 5.41) is 5.32. The Labute approximate surface area is 154 Å². The molecule has 0 saturated heterocycles. The van der Waals surface area contributed by atoms with Gasteiger partial charge in [-0.3, -0.25) is 14.4 Å². The van der Waals surface area contributed by atoms with Gasteiger partial charge in [-0.1, -0.05) is 24.3 Å². The van der Waals surface area contributed by atoms with Gasteiger partial charge in [0.05, 0.1) is 5.92 Å². The first-order chi connectivity index (χ1) is 13.0. The Morgan fingerprint density at radius 2 is 1.89 bits per heavy atom. The fourth-order valence-corrected chi connectivity index (χ4v) is 3.47. The van der Waals surface area contributed by atoms with Gasteiger partial charge < -0.3 is 15.4 Å². The average Bonchev–Trinajstić information content (AvgIpc) is 2.79. The van der Waals surface area contributed by atoms with Crippen molar-refractivity contribution >= 4 is 29.2 Å². The monoisotopic (exact) mass is 368 g/mol. The molecule has 2 aromatic rings. The van der Waals surface area contributed by atoms with Crippen LogP contribution in [-0.2, 0) is 25.5 Å². The van der Waals surface area contributed by atoms with Crippen LogP contribution in [0, 0.1) is 5.82 Å². The number of anilines is 2. The predicted molar refractivity (Wildman–Crippen MR) is 95.7 cm³/mol. The molecule has 2 aromatic carbocycles. The highest BCUT2D eigenvalue weighted by Gasteiger charge is 2.35. The van der Waals surface area contributed by atoms with E-state index in [1.54, 1.807) is 6.07 Å². The largest absolute Gasteiger partial charge is 0.452 e. The maximum absolute atomic E-state index is 13.4. The molecular weight excluding hydrogens is 351 g/mol. The molecule has 0 fully saturated rings. The Kier molecular flexibility index (Phi) is 4.35. The molecule has 2 atom stereocenters. The lowest BCUT2D eigenvalue weighted by Gasteiger charge is -2.25. The molecule has 2 unspecified atom stereocenters. The molecule has 0 radical (unpaired) electrons. The van der Waals surface area contributed by atoms with Crippen molar-refractivity contribution in [3.8, 4) is 0 Å². The van der Waals surface area contributed by atoms with E-state index in [4.69, 9.17) is 4.74 Å². The minimum Gasteiger partial charge on any atom is -0.452 e. The Balaban J connectivity index is 1.53. The lowest BCUT2D eigenvalue weighted by atomic mass is 9.90. The number of carbonyl (C=O) groups is 3. The number of halogens is 1. The number of ether oxygens (including phenoxy) is 1. The van der Waals surface area contributed by atoms with Gasteiger partial charge in [-0.2, -0.15) is 0 Å². The van der Waals surface area contributed by atoms with Crippen molar-refractivity contribution in [1.82, 2.24) is 0 Å². The van der Waals surface area contributed by atoms with Crippen molar-refractivity contribution in [2.75, 3.05) is 10.6 Å². The van der Waals surface area contributed by atoms with Crippen LogP contribution in [0.1, 0.15) is 29.9 Å². The molecule has 2 N–H and O–H groups in total. The maximum atomic E-state index is 13.4. The number of aryl methyl sites for hydroxylation is 1. The number of rotatable bonds is 2. The first-order valence-corrected chi connectivity index (χ1v) is 8.70. The number of esters is 1. The highest BCUT2D eigenvalue weighted by atomic mass is 19.1. The first-order valence-electron chi connectivity index (χ1n) is 8.70. The minimum absolute atomic E-state index is 0.105. The molecule has 2 aliphatic heterocycles. The molecule has 2 heterocycles. The molecule has 2 amide bonds. The summed E-state index contributed by atoms with van der Waals surface area (Å²) in [4.78, 5) is 37.0. The third-order valence-corrected chi connectivity index (χ3v) is 4.84. The third-order valence-electron chi connectivity index (χ3n) is 4.84. The van der Waals surface area contributed by atoms with E-state index in [1.165, 1.54) is 18.2 Å². The van der Waals surface area contributed by atoms with E-state index in [0.717, 1.165) is 5.56 Å². The Morgan fingerprint density at radius 1 is 1.07 bits per heavy atom. The fraction of sp³-hybridized carbons (Fsp3) is 0.250. The molecule has 0 spiro atoms. The van der Waals surface area contributed by atoms with E-state index in [2.05, 4.69) is 10.6 Å². The molecule has 2 aliphatic rings. The number of para-hydroxylation sites is 1. The first kappa shape index (κ1) is 17.2. The van der Waals surface area contributed by atoms with Crippen LogP contribution < -0.4 is 10.6 Å². The lowest BCUT2D eigenvalue weighted by Crippen LogP contribution is -2.35. The molecule has 7 heteroatoms. The highest BCUT2D eigenvalue weighted by Crippen LogP contribution is 2.34. The molecule has 0 aliphatic carbocycles. The van der Waals surface area contributed by atoms with Crippen molar-refractivity contribution in [2.45, 2.75) is 31.3 Å². The zero-order valence-corrected chi connectivity index (χ0v) is 14.3. The Morgan fingerprint density at radius 3 is 2.74 bits per heavy atom. The zero-order chi connectivity index (χ0) is 19.0. The van der Waals surface area contributed by atoms with Crippen molar-refractivity contribution in [3.63, 3.8) is 0 Å². The summed E-state index contributed by atoms with van der Waals surface area (Å²) in [7, 11) is 0. The van der Waals surface area contributed by atoms with Crippen LogP contribution in [0.2, 0.25) is 0 Å². The molecule has 6 nitrogen and oxygen atoms in total. The second-order valence-corrected chi connectivity index (χ2v) is 6.65. The summed E-state index contributed by atoms with van der Waals surface area (Å²) in [5.74, 6) is -2.83. The number of benzene rings is 2. The topological polar surface area (TPSA) is 84.5 Å². The smallest absolute Gasteiger partial charge is 0.314 e. The van der Waals surface area contributed by atoms with E-state index in [9.17, 15) is 18.8 Å². The predicted octanol–water partition coefficient (Wildman–Crippen LogP) is 2.75. The zero-order valence-electron chi connectivity index (χ0n) is 14.3. The average molecular weight is 368 g/mol. The summed E-state index contributed by atoms with van der Waals surface area (Å²) in [6.45, 7) is 0. The molecule has 27 heavy (non-hydrogen) atoms. The maximum Gasteiger partial charge on any atom is 0.314 e. The van der Waals surface area contributed by atoms with Crippen LogP contribution in [0.3, 0.4) is 0 Å². The number of nitrogens with one attached hydrogen (secondary N) is 2. The van der Waals surface area contributed by atoms with Gasteiger partial charge in [0.2, 0.25) is 5.91 Å². The van der Waals surface area contributed by atoms with Gasteiger partial charge in [0.25, 0.3) is 5.91 Å². The minimum atomic E-state index is -0.946. The quantitative estimate of drug-likeness (QED) is 0.799. The van der Waals surface area contributed by atoms with E-state index in [0.29, 0.717) is 24.1 Å². The second-order valence-electron chi connectivity index (χ2n) is 6.65. The summed E-state index contributed by atoms with van der Waals surface area (Å²) >= 11 is 0. The third kappa shape index (κ3) is 3.40. The van der Waals surface area contributed by atoms with Gasteiger partial charge >= 0.3 is 5.97 Å². The van der Waals surface area contributed by atoms with E-state index < -0.39 is 35.6 Å². The van der Waals surface area contributed by atoms with Gasteiger partial charge in [-0.25, -0.2) is 4.39 Å². The molecule has 0 aromatic heterocycles. The number of hydrogen-bond acceptors (Lipinski definition) is 4. The number of amides is 2. The lowest BCUT2D eigenvalue weighted by molar-refractivity contribution is -0.156. The van der Waals surface area contributed by atoms with Crippen LogP contribution >= 0.6 is 0 Å². The van der Waals surface area contributed by atoms with Crippen molar-refractivity contribution in [1.29, 1.82) is 0 Å². The highest BCUT2D eigenvalue weighted by molar-refractivity contribution is 6.01. The Hall–Kier alpha value is -3.22. The summed E-state index contributed by atoms with van der Waals surface area (Å²) < 4.78 is 18.9.